The van der Waals surface area contributed by atoms with Crippen molar-refractivity contribution < 1.29 is 23.8 Å². The third kappa shape index (κ3) is 5.68. The van der Waals surface area contributed by atoms with Crippen molar-refractivity contribution in [3.05, 3.63) is 53.6 Å². The van der Waals surface area contributed by atoms with Gasteiger partial charge in [0.05, 0.1) is 18.6 Å². The molecule has 0 radical (unpaired) electrons. The third-order valence-electron chi connectivity index (χ3n) is 5.73. The molecule has 8 nitrogen and oxygen atoms in total. The molecule has 34 heavy (non-hydrogen) atoms. The summed E-state index contributed by atoms with van der Waals surface area (Å²) in [7, 11) is 3.14. The van der Waals surface area contributed by atoms with Crippen molar-refractivity contribution in [1.82, 2.24) is 14.5 Å². The number of halogens is 1. The van der Waals surface area contributed by atoms with Crippen LogP contribution in [-0.4, -0.2) is 70.9 Å². The second-order valence-corrected chi connectivity index (χ2v) is 9.86. The van der Waals surface area contributed by atoms with Crippen LogP contribution in [-0.2, 0) is 23.8 Å². The van der Waals surface area contributed by atoms with Gasteiger partial charge in [-0.15, -0.1) is 0 Å². The molecule has 0 saturated heterocycles. The Labute approximate surface area is 205 Å². The highest BCUT2D eigenvalue weighted by Gasteiger charge is 2.44. The van der Waals surface area contributed by atoms with Crippen molar-refractivity contribution >= 4 is 29.1 Å². The molecule has 0 fully saturated rings. The second-order valence-electron chi connectivity index (χ2n) is 9.42. The molecule has 3 rings (SSSR count). The van der Waals surface area contributed by atoms with Gasteiger partial charge in [-0.2, -0.15) is 0 Å². The van der Waals surface area contributed by atoms with Crippen LogP contribution < -0.4 is 0 Å². The number of carbonyl (C=O) groups is 2. The summed E-state index contributed by atoms with van der Waals surface area (Å²) in [5.74, 6) is -0.789. The van der Waals surface area contributed by atoms with E-state index < -0.39 is 23.2 Å². The number of methoxy groups -OCH3 is 2. The topological polar surface area (TPSA) is 82.9 Å². The maximum Gasteiger partial charge on any atom is 0.329 e. The monoisotopic (exact) mass is 489 g/mol. The molecule has 1 amide bonds. The zero-order chi connectivity index (χ0) is 25.1. The van der Waals surface area contributed by atoms with E-state index >= 15 is 0 Å². The molecule has 1 aliphatic rings. The van der Waals surface area contributed by atoms with E-state index in [0.29, 0.717) is 23.6 Å². The van der Waals surface area contributed by atoms with E-state index in [1.54, 1.807) is 59.6 Å². The van der Waals surface area contributed by atoms with Crippen LogP contribution in [0.1, 0.15) is 39.7 Å². The minimum atomic E-state index is -0.915. The van der Waals surface area contributed by atoms with Gasteiger partial charge in [-0.05, 0) is 45.9 Å². The Hall–Kier alpha value is -2.68. The van der Waals surface area contributed by atoms with Crippen LogP contribution >= 0.6 is 11.6 Å². The Balaban J connectivity index is 2.07. The minimum absolute atomic E-state index is 0.150. The van der Waals surface area contributed by atoms with Gasteiger partial charge in [-0.3, -0.25) is 4.79 Å². The van der Waals surface area contributed by atoms with E-state index in [0.717, 1.165) is 11.3 Å². The molecule has 0 bridgehead atoms. The van der Waals surface area contributed by atoms with Crippen molar-refractivity contribution in [2.75, 3.05) is 27.4 Å². The molecule has 2 atom stereocenters. The van der Waals surface area contributed by atoms with Crippen molar-refractivity contribution in [1.29, 1.82) is 0 Å². The third-order valence-corrected chi connectivity index (χ3v) is 5.96. The van der Waals surface area contributed by atoms with E-state index in [9.17, 15) is 9.59 Å². The number of aromatic nitrogens is 2. The predicted octanol–water partition coefficient (Wildman–Crippen LogP) is 3.90. The normalized spacial score (nSPS) is 19.7. The van der Waals surface area contributed by atoms with Crippen molar-refractivity contribution in [3.63, 3.8) is 0 Å². The maximum atomic E-state index is 13.4. The Morgan fingerprint density at radius 3 is 2.62 bits per heavy atom. The number of benzene rings is 1. The van der Waals surface area contributed by atoms with E-state index in [1.807, 2.05) is 23.8 Å². The average molecular weight is 490 g/mol. The Kier molecular flexibility index (Phi) is 7.85. The van der Waals surface area contributed by atoms with E-state index in [4.69, 9.17) is 25.8 Å². The highest BCUT2D eigenvalue weighted by atomic mass is 35.5. The fourth-order valence-electron chi connectivity index (χ4n) is 4.00. The zero-order valence-corrected chi connectivity index (χ0v) is 21.3. The van der Waals surface area contributed by atoms with Gasteiger partial charge >= 0.3 is 5.97 Å². The van der Waals surface area contributed by atoms with Crippen molar-refractivity contribution in [3.8, 4) is 5.69 Å². The Bertz CT molecular complexity index is 1060. The summed E-state index contributed by atoms with van der Waals surface area (Å²) in [4.78, 5) is 32.1. The van der Waals surface area contributed by atoms with Gasteiger partial charge < -0.3 is 23.7 Å². The highest BCUT2D eigenvalue weighted by Crippen LogP contribution is 2.39. The van der Waals surface area contributed by atoms with Gasteiger partial charge in [0, 0.05) is 61.9 Å². The van der Waals surface area contributed by atoms with Crippen LogP contribution in [0, 0.1) is 0 Å². The quantitative estimate of drug-likeness (QED) is 0.523. The maximum absolute atomic E-state index is 13.4. The van der Waals surface area contributed by atoms with Crippen LogP contribution in [0.15, 0.2) is 43.0 Å². The molecule has 2 unspecified atom stereocenters. The van der Waals surface area contributed by atoms with Crippen LogP contribution in [0.3, 0.4) is 0 Å². The van der Waals surface area contributed by atoms with Crippen molar-refractivity contribution in [2.45, 2.75) is 51.4 Å². The van der Waals surface area contributed by atoms with Crippen molar-refractivity contribution in [2.24, 2.45) is 0 Å². The van der Waals surface area contributed by atoms with Gasteiger partial charge in [0.1, 0.15) is 17.2 Å². The van der Waals surface area contributed by atoms with Gasteiger partial charge in [0.25, 0.3) is 0 Å². The molecular formula is C25H32ClN3O5. The molecule has 0 N–H and O–H groups in total. The number of nitrogens with zero attached hydrogens (tertiary/aromatic N) is 3. The standard InChI is InChI=1S/C25H32ClN3O5/c1-24(2,3)34-23(31)21(9-12-32-5)29-15-25(4,33-6)19(14-22(29)30)18-13-17(26)7-8-20(18)28-11-10-27-16-28/h7-8,10-11,13-14,16,21H,9,12,15H2,1-6H3. The summed E-state index contributed by atoms with van der Waals surface area (Å²) >= 11 is 6.35. The molecule has 0 aliphatic carbocycles. The number of hydrogen-bond donors (Lipinski definition) is 0. The zero-order valence-electron chi connectivity index (χ0n) is 20.5. The summed E-state index contributed by atoms with van der Waals surface area (Å²) < 4.78 is 18.6. The predicted molar refractivity (Wildman–Crippen MR) is 130 cm³/mol. The van der Waals surface area contributed by atoms with Crippen LogP contribution in [0.2, 0.25) is 5.02 Å². The smallest absolute Gasteiger partial charge is 0.329 e. The number of ether oxygens (including phenoxy) is 3. The summed E-state index contributed by atoms with van der Waals surface area (Å²) in [5, 5.41) is 0.528. The molecule has 9 heteroatoms. The molecule has 1 aromatic carbocycles. The number of hydrogen-bond acceptors (Lipinski definition) is 6. The number of carbonyl (C=O) groups excluding carboxylic acids is 2. The molecule has 1 aromatic heterocycles. The molecular weight excluding hydrogens is 458 g/mol. The Morgan fingerprint density at radius 2 is 2.03 bits per heavy atom. The van der Waals surface area contributed by atoms with Crippen LogP contribution in [0.5, 0.6) is 0 Å². The summed E-state index contributed by atoms with van der Waals surface area (Å²) in [6, 6.07) is 4.64. The van der Waals surface area contributed by atoms with Gasteiger partial charge in [0.15, 0.2) is 0 Å². The van der Waals surface area contributed by atoms with Gasteiger partial charge in [-0.25, -0.2) is 9.78 Å². The van der Waals surface area contributed by atoms with Crippen LogP contribution in [0.4, 0.5) is 0 Å². The number of amides is 1. The van der Waals surface area contributed by atoms with E-state index in [1.165, 1.54) is 11.0 Å². The summed E-state index contributed by atoms with van der Waals surface area (Å²) in [6.07, 6.45) is 6.99. The lowest BCUT2D eigenvalue weighted by molar-refractivity contribution is -0.166. The van der Waals surface area contributed by atoms with Crippen LogP contribution in [0.25, 0.3) is 11.3 Å². The number of imidazole rings is 1. The molecule has 184 valence electrons. The Morgan fingerprint density at radius 1 is 1.29 bits per heavy atom. The first-order chi connectivity index (χ1) is 16.0. The second kappa shape index (κ2) is 10.3. The van der Waals surface area contributed by atoms with E-state index in [2.05, 4.69) is 4.98 Å². The lowest BCUT2D eigenvalue weighted by Crippen LogP contribution is -2.56. The first-order valence-electron chi connectivity index (χ1n) is 11.1. The fourth-order valence-corrected chi connectivity index (χ4v) is 4.17. The van der Waals surface area contributed by atoms with E-state index in [-0.39, 0.29) is 12.5 Å². The molecule has 2 heterocycles. The number of rotatable bonds is 8. The lowest BCUT2D eigenvalue weighted by Gasteiger charge is -2.43. The fraction of sp³-hybridized carbons (Fsp3) is 0.480. The largest absolute Gasteiger partial charge is 0.458 e. The summed E-state index contributed by atoms with van der Waals surface area (Å²) in [6.45, 7) is 7.73. The minimum Gasteiger partial charge on any atom is -0.458 e. The average Bonchev–Trinajstić information content (AvgIpc) is 3.29. The SMILES string of the molecule is COCCC(C(=O)OC(C)(C)C)N1CC(C)(OC)C(c2cc(Cl)ccc2-n2ccnc2)=CC1=O. The van der Waals surface area contributed by atoms with Gasteiger partial charge in [0.2, 0.25) is 5.91 Å². The first-order valence-corrected chi connectivity index (χ1v) is 11.4. The molecule has 2 aromatic rings. The first kappa shape index (κ1) is 25.9. The molecule has 0 saturated carbocycles. The number of esters is 1. The lowest BCUT2D eigenvalue weighted by atomic mass is 9.84. The molecule has 0 spiro atoms. The molecule has 1 aliphatic heterocycles. The highest BCUT2D eigenvalue weighted by molar-refractivity contribution is 6.30. The summed E-state index contributed by atoms with van der Waals surface area (Å²) in [5.41, 5.74) is 0.612. The van der Waals surface area contributed by atoms with Gasteiger partial charge in [-0.1, -0.05) is 11.6 Å².